The highest BCUT2D eigenvalue weighted by Crippen LogP contribution is 2.19. The van der Waals surface area contributed by atoms with Crippen molar-refractivity contribution in [2.24, 2.45) is 5.41 Å². The molecule has 0 aliphatic rings. The molecule has 0 amide bonds. The van der Waals surface area contributed by atoms with E-state index in [0.29, 0.717) is 12.8 Å². The van der Waals surface area contributed by atoms with Gasteiger partial charge in [-0.05, 0) is 12.8 Å². The monoisotopic (exact) mass is 585 g/mol. The molecule has 0 radical (unpaired) electrons. The van der Waals surface area contributed by atoms with Crippen LogP contribution in [0.3, 0.4) is 0 Å². The van der Waals surface area contributed by atoms with Crippen LogP contribution in [0, 0.1) is 5.41 Å². The molecule has 6 nitrogen and oxygen atoms in total. The molecule has 244 valence electrons. The lowest BCUT2D eigenvalue weighted by molar-refractivity contribution is -0.159. The molecule has 0 heterocycles. The summed E-state index contributed by atoms with van der Waals surface area (Å²) >= 11 is 0. The summed E-state index contributed by atoms with van der Waals surface area (Å²) in [4.78, 5) is 24.4. The molecular weight excluding hydrogens is 516 g/mol. The number of carbonyl (C=O) groups excluding carboxylic acids is 2. The minimum atomic E-state index is -1.15. The molecule has 0 aliphatic heterocycles. The fraction of sp³-hybridized carbons (Fsp3) is 0.943. The molecule has 0 aromatic heterocycles. The van der Waals surface area contributed by atoms with E-state index in [1.54, 1.807) is 0 Å². The van der Waals surface area contributed by atoms with Crippen molar-refractivity contribution in [1.29, 1.82) is 0 Å². The molecule has 0 fully saturated rings. The maximum absolute atomic E-state index is 12.2. The van der Waals surface area contributed by atoms with Crippen LogP contribution in [0.4, 0.5) is 0 Å². The van der Waals surface area contributed by atoms with Gasteiger partial charge >= 0.3 is 11.9 Å². The first kappa shape index (κ1) is 39.9. The van der Waals surface area contributed by atoms with Crippen LogP contribution < -0.4 is 0 Å². The van der Waals surface area contributed by atoms with Gasteiger partial charge in [-0.3, -0.25) is 9.59 Å². The lowest BCUT2D eigenvalue weighted by atomic mass is 9.92. The van der Waals surface area contributed by atoms with E-state index < -0.39 is 18.6 Å². The van der Waals surface area contributed by atoms with Crippen molar-refractivity contribution in [3.8, 4) is 0 Å². The van der Waals surface area contributed by atoms with Gasteiger partial charge in [-0.1, -0.05) is 155 Å². The second-order valence-corrected chi connectivity index (χ2v) is 12.4. The van der Waals surface area contributed by atoms with Crippen molar-refractivity contribution in [2.45, 2.75) is 181 Å². The molecule has 0 aliphatic carbocycles. The SMILES string of the molecule is CCCCCCCCCCCCCCC(=O)OCC(CO)(CO)COC(=O)CCCCCCCCCCCCCC. The Morgan fingerprint density at radius 3 is 0.927 bits per heavy atom. The first-order valence-electron chi connectivity index (χ1n) is 17.6. The van der Waals surface area contributed by atoms with Crippen LogP contribution in [-0.4, -0.2) is 48.6 Å². The Labute approximate surface area is 253 Å². The highest BCUT2D eigenvalue weighted by Gasteiger charge is 2.32. The summed E-state index contributed by atoms with van der Waals surface area (Å²) in [5, 5.41) is 19.7. The molecule has 0 saturated heterocycles. The van der Waals surface area contributed by atoms with E-state index in [1.165, 1.54) is 116 Å². The number of ether oxygens (including phenoxy) is 2. The maximum atomic E-state index is 12.2. The Kier molecular flexibility index (Phi) is 29.5. The van der Waals surface area contributed by atoms with Gasteiger partial charge in [0.25, 0.3) is 0 Å². The van der Waals surface area contributed by atoms with Gasteiger partial charge in [0.1, 0.15) is 13.2 Å². The van der Waals surface area contributed by atoms with Gasteiger partial charge in [-0.15, -0.1) is 0 Å². The summed E-state index contributed by atoms with van der Waals surface area (Å²) in [6, 6.07) is 0. The topological polar surface area (TPSA) is 93.1 Å². The molecule has 6 heteroatoms. The molecule has 41 heavy (non-hydrogen) atoms. The van der Waals surface area contributed by atoms with Gasteiger partial charge in [-0.2, -0.15) is 0 Å². The zero-order valence-corrected chi connectivity index (χ0v) is 27.2. The van der Waals surface area contributed by atoms with E-state index in [1.807, 2.05) is 0 Å². The van der Waals surface area contributed by atoms with E-state index in [2.05, 4.69) is 13.8 Å². The first-order valence-corrected chi connectivity index (χ1v) is 17.6. The molecule has 0 spiro atoms. The minimum Gasteiger partial charge on any atom is -0.465 e. The van der Waals surface area contributed by atoms with Gasteiger partial charge < -0.3 is 19.7 Å². The van der Waals surface area contributed by atoms with Gasteiger partial charge in [0, 0.05) is 12.8 Å². The van der Waals surface area contributed by atoms with Crippen molar-refractivity contribution >= 4 is 11.9 Å². The third-order valence-corrected chi connectivity index (χ3v) is 8.22. The Morgan fingerprint density at radius 2 is 0.683 bits per heavy atom. The number of rotatable bonds is 32. The zero-order chi connectivity index (χ0) is 30.3. The maximum Gasteiger partial charge on any atom is 0.305 e. The number of unbranched alkanes of at least 4 members (excludes halogenated alkanes) is 22. The second-order valence-electron chi connectivity index (χ2n) is 12.4. The summed E-state index contributed by atoms with van der Waals surface area (Å²) < 4.78 is 10.7. The number of carbonyl (C=O) groups is 2. The largest absolute Gasteiger partial charge is 0.465 e. The average Bonchev–Trinajstić information content (AvgIpc) is 2.98. The van der Waals surface area contributed by atoms with E-state index in [0.717, 1.165) is 38.5 Å². The Morgan fingerprint density at radius 1 is 0.439 bits per heavy atom. The van der Waals surface area contributed by atoms with Crippen LogP contribution in [0.5, 0.6) is 0 Å². The van der Waals surface area contributed by atoms with Gasteiger partial charge in [-0.25, -0.2) is 0 Å². The van der Waals surface area contributed by atoms with Crippen molar-refractivity contribution in [3.63, 3.8) is 0 Å². The molecule has 0 unspecified atom stereocenters. The third kappa shape index (κ3) is 26.2. The summed E-state index contributed by atoms with van der Waals surface area (Å²) in [6.45, 7) is 3.36. The lowest BCUT2D eigenvalue weighted by Gasteiger charge is -2.28. The Hall–Kier alpha value is -1.14. The predicted molar refractivity (Wildman–Crippen MR) is 170 cm³/mol. The molecule has 0 aromatic rings. The standard InChI is InChI=1S/C35H68O6/c1-3-5-7-9-11-13-15-17-19-21-23-25-27-33(38)40-31-35(29-36,30-37)32-41-34(39)28-26-24-22-20-18-16-14-12-10-8-6-4-2/h36-37H,3-32H2,1-2H3. The van der Waals surface area contributed by atoms with Gasteiger partial charge in [0.2, 0.25) is 0 Å². The molecule has 0 aromatic carbocycles. The molecule has 0 rings (SSSR count). The highest BCUT2D eigenvalue weighted by atomic mass is 16.5. The molecular formula is C35H68O6. The summed E-state index contributed by atoms with van der Waals surface area (Å²) in [5.41, 5.74) is -1.15. The van der Waals surface area contributed by atoms with Crippen LogP contribution in [0.25, 0.3) is 0 Å². The summed E-state index contributed by atoms with van der Waals surface area (Å²) in [5.74, 6) is -0.655. The number of hydrogen-bond acceptors (Lipinski definition) is 6. The zero-order valence-electron chi connectivity index (χ0n) is 27.2. The fourth-order valence-electron chi connectivity index (χ4n) is 5.11. The molecule has 0 bridgehead atoms. The minimum absolute atomic E-state index is 0.150. The van der Waals surface area contributed by atoms with E-state index in [9.17, 15) is 19.8 Å². The number of hydrogen-bond donors (Lipinski definition) is 2. The Bertz CT molecular complexity index is 529. The fourth-order valence-corrected chi connectivity index (χ4v) is 5.11. The smallest absolute Gasteiger partial charge is 0.305 e. The molecule has 2 N–H and O–H groups in total. The van der Waals surface area contributed by atoms with E-state index >= 15 is 0 Å². The second kappa shape index (κ2) is 30.3. The summed E-state index contributed by atoms with van der Waals surface area (Å²) in [6.07, 6.45) is 30.3. The third-order valence-electron chi connectivity index (χ3n) is 8.22. The van der Waals surface area contributed by atoms with Crippen LogP contribution >= 0.6 is 0 Å². The lowest BCUT2D eigenvalue weighted by Crippen LogP contribution is -2.41. The average molecular weight is 585 g/mol. The van der Waals surface area contributed by atoms with Crippen LogP contribution in [0.15, 0.2) is 0 Å². The summed E-state index contributed by atoms with van der Waals surface area (Å²) in [7, 11) is 0. The van der Waals surface area contributed by atoms with Crippen molar-refractivity contribution in [1.82, 2.24) is 0 Å². The van der Waals surface area contributed by atoms with Gasteiger partial charge in [0.05, 0.1) is 18.6 Å². The quantitative estimate of drug-likeness (QED) is 0.0605. The van der Waals surface area contributed by atoms with Crippen LogP contribution in [-0.2, 0) is 19.1 Å². The normalized spacial score (nSPS) is 11.6. The number of aliphatic hydroxyl groups is 2. The van der Waals surface area contributed by atoms with E-state index in [-0.39, 0.29) is 25.2 Å². The van der Waals surface area contributed by atoms with Gasteiger partial charge in [0.15, 0.2) is 0 Å². The van der Waals surface area contributed by atoms with Crippen LogP contribution in [0.1, 0.15) is 181 Å². The van der Waals surface area contributed by atoms with Crippen LogP contribution in [0.2, 0.25) is 0 Å². The Balaban J connectivity index is 3.81. The van der Waals surface area contributed by atoms with Crippen molar-refractivity contribution < 1.29 is 29.3 Å². The molecule has 0 atom stereocenters. The van der Waals surface area contributed by atoms with E-state index in [4.69, 9.17) is 9.47 Å². The number of esters is 2. The van der Waals surface area contributed by atoms with Crippen molar-refractivity contribution in [3.05, 3.63) is 0 Å². The number of aliphatic hydroxyl groups excluding tert-OH is 2. The molecule has 0 saturated carbocycles. The predicted octanol–water partition coefficient (Wildman–Crippen LogP) is 9.23. The highest BCUT2D eigenvalue weighted by molar-refractivity contribution is 5.69. The first-order chi connectivity index (χ1) is 20.0. The van der Waals surface area contributed by atoms with Crippen molar-refractivity contribution in [2.75, 3.05) is 26.4 Å².